The summed E-state index contributed by atoms with van der Waals surface area (Å²) in [7, 11) is 0. The molecule has 0 aliphatic heterocycles. The molecule has 2 unspecified atom stereocenters. The van der Waals surface area contributed by atoms with Crippen molar-refractivity contribution in [2.45, 2.75) is 18.8 Å². The van der Waals surface area contributed by atoms with Gasteiger partial charge in [-0.05, 0) is 25.0 Å². The van der Waals surface area contributed by atoms with Crippen molar-refractivity contribution in [3.05, 3.63) is 35.4 Å². The normalized spacial score (nSPS) is 24.7. The molecule has 80 valence electrons. The van der Waals surface area contributed by atoms with Crippen molar-refractivity contribution in [3.8, 4) is 0 Å². The second kappa shape index (κ2) is 3.61. The summed E-state index contributed by atoms with van der Waals surface area (Å²) in [5, 5.41) is 8.80. The van der Waals surface area contributed by atoms with Crippen molar-refractivity contribution in [3.63, 3.8) is 0 Å². The third-order valence-corrected chi connectivity index (χ3v) is 2.96. The Balaban J connectivity index is 2.34. The van der Waals surface area contributed by atoms with Gasteiger partial charge in [-0.15, -0.1) is 0 Å². The largest absolute Gasteiger partial charge is 0.481 e. The number of hydrogen-bond acceptors (Lipinski definition) is 1. The highest BCUT2D eigenvalue weighted by Gasteiger charge is 2.40. The molecule has 0 radical (unpaired) electrons. The van der Waals surface area contributed by atoms with Crippen LogP contribution in [0.25, 0.3) is 0 Å². The molecule has 0 heterocycles. The summed E-state index contributed by atoms with van der Waals surface area (Å²) in [6.07, 6.45) is 1.03. The van der Waals surface area contributed by atoms with Gasteiger partial charge in [-0.3, -0.25) is 4.79 Å². The molecule has 0 aromatic heterocycles. The number of carbonyl (C=O) groups is 1. The van der Waals surface area contributed by atoms with Crippen LogP contribution < -0.4 is 0 Å². The minimum absolute atomic E-state index is 0.0730. The highest BCUT2D eigenvalue weighted by molar-refractivity contribution is 5.72. The van der Waals surface area contributed by atoms with Crippen molar-refractivity contribution in [1.29, 1.82) is 0 Å². The molecule has 15 heavy (non-hydrogen) atoms. The summed E-state index contributed by atoms with van der Waals surface area (Å²) in [5.41, 5.74) is -0.0730. The lowest BCUT2D eigenvalue weighted by Gasteiger charge is -2.33. The maximum absolute atomic E-state index is 13.3. The van der Waals surface area contributed by atoms with Crippen LogP contribution in [0.3, 0.4) is 0 Å². The van der Waals surface area contributed by atoms with Gasteiger partial charge >= 0.3 is 5.97 Å². The Morgan fingerprint density at radius 2 is 1.87 bits per heavy atom. The van der Waals surface area contributed by atoms with Gasteiger partial charge in [0, 0.05) is 11.5 Å². The van der Waals surface area contributed by atoms with E-state index >= 15 is 0 Å². The van der Waals surface area contributed by atoms with E-state index in [9.17, 15) is 13.6 Å². The van der Waals surface area contributed by atoms with Crippen LogP contribution in [0.15, 0.2) is 18.2 Å². The van der Waals surface area contributed by atoms with Crippen molar-refractivity contribution in [2.75, 3.05) is 0 Å². The van der Waals surface area contributed by atoms with Gasteiger partial charge in [-0.1, -0.05) is 6.07 Å². The topological polar surface area (TPSA) is 37.3 Å². The van der Waals surface area contributed by atoms with Crippen LogP contribution in [0.1, 0.15) is 24.3 Å². The van der Waals surface area contributed by atoms with Crippen LogP contribution >= 0.6 is 0 Å². The Morgan fingerprint density at radius 1 is 1.27 bits per heavy atom. The molecule has 1 aliphatic carbocycles. The second-order valence-electron chi connectivity index (χ2n) is 3.76. The standard InChI is InChI=1S/C11H10F2O2/c12-8-2-1-3-9(13)10(8)6-4-5-7(6)11(14)15/h1-3,6-7H,4-5H2,(H,14,15). The molecule has 1 aromatic rings. The molecule has 1 N–H and O–H groups in total. The fourth-order valence-electron chi connectivity index (χ4n) is 2.01. The Bertz CT molecular complexity index is 383. The third kappa shape index (κ3) is 1.60. The predicted molar refractivity (Wildman–Crippen MR) is 49.5 cm³/mol. The summed E-state index contributed by atoms with van der Waals surface area (Å²) >= 11 is 0. The van der Waals surface area contributed by atoms with Gasteiger partial charge in [0.2, 0.25) is 0 Å². The average molecular weight is 212 g/mol. The fourth-order valence-corrected chi connectivity index (χ4v) is 2.01. The molecular weight excluding hydrogens is 202 g/mol. The maximum atomic E-state index is 13.3. The monoisotopic (exact) mass is 212 g/mol. The fraction of sp³-hybridized carbons (Fsp3) is 0.364. The van der Waals surface area contributed by atoms with Crippen LogP contribution in [0.5, 0.6) is 0 Å². The third-order valence-electron chi connectivity index (χ3n) is 2.96. The van der Waals surface area contributed by atoms with Gasteiger partial charge in [0.15, 0.2) is 0 Å². The first-order chi connectivity index (χ1) is 7.11. The van der Waals surface area contributed by atoms with Gasteiger partial charge in [0.1, 0.15) is 11.6 Å². The first-order valence-corrected chi connectivity index (χ1v) is 4.78. The summed E-state index contributed by atoms with van der Waals surface area (Å²) in [4.78, 5) is 10.7. The molecule has 2 nitrogen and oxygen atoms in total. The molecule has 4 heteroatoms. The zero-order valence-electron chi connectivity index (χ0n) is 7.91. The molecule has 0 saturated heterocycles. The van der Waals surface area contributed by atoms with E-state index in [2.05, 4.69) is 0 Å². The summed E-state index contributed by atoms with van der Waals surface area (Å²) in [6, 6.07) is 3.61. The molecule has 1 saturated carbocycles. The lowest BCUT2D eigenvalue weighted by Crippen LogP contribution is -2.32. The summed E-state index contributed by atoms with van der Waals surface area (Å²) in [5.74, 6) is -3.43. The molecule has 0 amide bonds. The number of carboxylic acid groups (broad SMARTS) is 1. The van der Waals surface area contributed by atoms with E-state index in [1.807, 2.05) is 0 Å². The summed E-state index contributed by atoms with van der Waals surface area (Å²) in [6.45, 7) is 0. The molecular formula is C11H10F2O2. The first kappa shape index (κ1) is 10.1. The molecule has 1 aliphatic rings. The maximum Gasteiger partial charge on any atom is 0.307 e. The van der Waals surface area contributed by atoms with Crippen molar-refractivity contribution >= 4 is 5.97 Å². The van der Waals surface area contributed by atoms with Gasteiger partial charge in [0.05, 0.1) is 5.92 Å². The van der Waals surface area contributed by atoms with Crippen molar-refractivity contribution in [1.82, 2.24) is 0 Å². The Morgan fingerprint density at radius 3 is 2.27 bits per heavy atom. The highest BCUT2D eigenvalue weighted by Crippen LogP contribution is 2.44. The number of halogens is 2. The molecule has 1 fully saturated rings. The van der Waals surface area contributed by atoms with E-state index < -0.39 is 29.4 Å². The van der Waals surface area contributed by atoms with Gasteiger partial charge in [-0.25, -0.2) is 8.78 Å². The number of rotatable bonds is 2. The smallest absolute Gasteiger partial charge is 0.307 e. The molecule has 0 spiro atoms. The average Bonchev–Trinajstić information content (AvgIpc) is 2.08. The van der Waals surface area contributed by atoms with Crippen molar-refractivity contribution in [2.24, 2.45) is 5.92 Å². The number of benzene rings is 1. The van der Waals surface area contributed by atoms with Gasteiger partial charge < -0.3 is 5.11 Å². The zero-order chi connectivity index (χ0) is 11.0. The zero-order valence-corrected chi connectivity index (χ0v) is 7.91. The number of hydrogen-bond donors (Lipinski definition) is 1. The molecule has 2 atom stereocenters. The Kier molecular flexibility index (Phi) is 2.42. The Labute approximate surface area is 85.5 Å². The lowest BCUT2D eigenvalue weighted by atomic mass is 9.70. The van der Waals surface area contributed by atoms with E-state index in [1.54, 1.807) is 0 Å². The highest BCUT2D eigenvalue weighted by atomic mass is 19.1. The minimum atomic E-state index is -0.978. The van der Waals surface area contributed by atoms with Crippen LogP contribution in [0.2, 0.25) is 0 Å². The quantitative estimate of drug-likeness (QED) is 0.817. The van der Waals surface area contributed by atoms with Crippen LogP contribution in [-0.2, 0) is 4.79 Å². The Hall–Kier alpha value is -1.45. The molecule has 1 aromatic carbocycles. The van der Waals surface area contributed by atoms with E-state index in [0.717, 1.165) is 12.1 Å². The van der Waals surface area contributed by atoms with Crippen LogP contribution in [0.4, 0.5) is 8.78 Å². The van der Waals surface area contributed by atoms with Crippen LogP contribution in [0, 0.1) is 17.6 Å². The predicted octanol–water partition coefficient (Wildman–Crippen LogP) is 2.54. The minimum Gasteiger partial charge on any atom is -0.481 e. The van der Waals surface area contributed by atoms with E-state index in [4.69, 9.17) is 5.11 Å². The first-order valence-electron chi connectivity index (χ1n) is 4.78. The van der Waals surface area contributed by atoms with Gasteiger partial charge in [-0.2, -0.15) is 0 Å². The van der Waals surface area contributed by atoms with Gasteiger partial charge in [0.25, 0.3) is 0 Å². The van der Waals surface area contributed by atoms with E-state index in [1.165, 1.54) is 6.07 Å². The SMILES string of the molecule is O=C(O)C1CCC1c1c(F)cccc1F. The van der Waals surface area contributed by atoms with E-state index in [-0.39, 0.29) is 5.56 Å². The molecule has 2 rings (SSSR count). The van der Waals surface area contributed by atoms with Crippen molar-refractivity contribution < 1.29 is 18.7 Å². The van der Waals surface area contributed by atoms with E-state index in [0.29, 0.717) is 12.8 Å². The van der Waals surface area contributed by atoms with Crippen LogP contribution in [-0.4, -0.2) is 11.1 Å². The second-order valence-corrected chi connectivity index (χ2v) is 3.76. The number of carboxylic acids is 1. The molecule has 0 bridgehead atoms. The summed E-state index contributed by atoms with van der Waals surface area (Å²) < 4.78 is 26.7. The lowest BCUT2D eigenvalue weighted by molar-refractivity contribution is -0.145. The number of aliphatic carboxylic acids is 1.